The van der Waals surface area contributed by atoms with Gasteiger partial charge in [-0.1, -0.05) is 18.1 Å². The molecule has 0 fully saturated rings. The highest BCUT2D eigenvalue weighted by molar-refractivity contribution is 7.84. The Bertz CT molecular complexity index is 1200. The molecule has 0 radical (unpaired) electrons. The summed E-state index contributed by atoms with van der Waals surface area (Å²) >= 11 is 0. The molecule has 2 atom stereocenters. The van der Waals surface area contributed by atoms with Crippen LogP contribution in [0.15, 0.2) is 56.7 Å². The van der Waals surface area contributed by atoms with Gasteiger partial charge >= 0.3 is 16.3 Å². The van der Waals surface area contributed by atoms with Gasteiger partial charge in [0.05, 0.1) is 18.2 Å². The lowest BCUT2D eigenvalue weighted by Gasteiger charge is -2.45. The maximum atomic E-state index is 12.6. The van der Waals surface area contributed by atoms with E-state index in [-0.39, 0.29) is 11.9 Å². The first-order chi connectivity index (χ1) is 15.7. The summed E-state index contributed by atoms with van der Waals surface area (Å²) in [6.07, 6.45) is 7.76. The minimum absolute atomic E-state index is 0.188. The normalized spacial score (nSPS) is 28.5. The van der Waals surface area contributed by atoms with Crippen LogP contribution in [0.1, 0.15) is 65.7 Å². The van der Waals surface area contributed by atoms with Crippen LogP contribution >= 0.6 is 0 Å². The standard InChI is InChI=1S/C24H31N3O5S/c1-4-13-7-6-10-24(3)20(13)18(32-33(25,29)30)12-17-16-11-14-8-9-15(23(28)31-5-2)19(14)21(16)26-27-22(17)24/h12,15,26-27H,4-11H2,1-3H3,(H2,25,29,30). The van der Waals surface area contributed by atoms with Crippen molar-refractivity contribution in [2.45, 2.75) is 65.7 Å². The minimum Gasteiger partial charge on any atom is -0.466 e. The van der Waals surface area contributed by atoms with E-state index in [2.05, 4.69) is 24.7 Å². The molecular weight excluding hydrogens is 442 g/mol. The van der Waals surface area contributed by atoms with Crippen molar-refractivity contribution in [3.05, 3.63) is 56.7 Å². The van der Waals surface area contributed by atoms with Crippen LogP contribution in [-0.2, 0) is 24.0 Å². The van der Waals surface area contributed by atoms with Gasteiger partial charge in [-0.3, -0.25) is 4.79 Å². The molecule has 33 heavy (non-hydrogen) atoms. The average Bonchev–Trinajstić information content (AvgIpc) is 3.31. The quantitative estimate of drug-likeness (QED) is 0.524. The third-order valence-electron chi connectivity index (χ3n) is 7.67. The monoisotopic (exact) mass is 473 g/mol. The lowest BCUT2D eigenvalue weighted by molar-refractivity contribution is -0.146. The van der Waals surface area contributed by atoms with E-state index < -0.39 is 15.7 Å². The van der Waals surface area contributed by atoms with Crippen LogP contribution in [0.25, 0.3) is 0 Å². The van der Waals surface area contributed by atoms with Crippen molar-refractivity contribution >= 4 is 16.3 Å². The van der Waals surface area contributed by atoms with Crippen molar-refractivity contribution in [1.82, 2.24) is 10.9 Å². The minimum atomic E-state index is -4.18. The highest BCUT2D eigenvalue weighted by Crippen LogP contribution is 2.57. The summed E-state index contributed by atoms with van der Waals surface area (Å²) in [7, 11) is -4.18. The molecule has 0 bridgehead atoms. The fourth-order valence-electron chi connectivity index (χ4n) is 6.37. The summed E-state index contributed by atoms with van der Waals surface area (Å²) < 4.78 is 34.7. The number of nitrogens with two attached hydrogens (primary N) is 1. The van der Waals surface area contributed by atoms with Crippen LogP contribution < -0.4 is 16.0 Å². The Balaban J connectivity index is 1.64. The molecule has 4 N–H and O–H groups in total. The van der Waals surface area contributed by atoms with Crippen LogP contribution in [0, 0.1) is 11.3 Å². The Morgan fingerprint density at radius 1 is 1.27 bits per heavy atom. The number of hydrogen-bond donors (Lipinski definition) is 3. The molecule has 5 aliphatic rings. The number of carbonyl (C=O) groups excluding carboxylic acids is 1. The number of allylic oxidation sites excluding steroid dienone is 8. The molecule has 2 unspecified atom stereocenters. The van der Waals surface area contributed by atoms with Crippen molar-refractivity contribution in [2.24, 2.45) is 16.5 Å². The van der Waals surface area contributed by atoms with Gasteiger partial charge in [-0.25, -0.2) is 0 Å². The zero-order valence-electron chi connectivity index (χ0n) is 19.3. The largest absolute Gasteiger partial charge is 0.466 e. The zero-order chi connectivity index (χ0) is 23.5. The Labute approximate surface area is 194 Å². The highest BCUT2D eigenvalue weighted by atomic mass is 32.2. The summed E-state index contributed by atoms with van der Waals surface area (Å²) in [6, 6.07) is 0. The van der Waals surface area contributed by atoms with Gasteiger partial charge in [0, 0.05) is 22.3 Å². The van der Waals surface area contributed by atoms with Gasteiger partial charge in [0.15, 0.2) is 0 Å². The lowest BCUT2D eigenvalue weighted by Crippen LogP contribution is -2.46. The van der Waals surface area contributed by atoms with E-state index >= 15 is 0 Å². The Morgan fingerprint density at radius 3 is 2.76 bits per heavy atom. The predicted molar refractivity (Wildman–Crippen MR) is 123 cm³/mol. The van der Waals surface area contributed by atoms with Gasteiger partial charge in [0.25, 0.3) is 0 Å². The van der Waals surface area contributed by atoms with Crippen molar-refractivity contribution in [3.63, 3.8) is 0 Å². The SMILES string of the molecule is CCOC(=O)C1CCC2=C1C1=C(C2)C2=C(NN1)C1(C)CCCC(CC)=C1C(OS(N)(=O)=O)=C2. The number of hydrogen-bond acceptors (Lipinski definition) is 7. The van der Waals surface area contributed by atoms with Crippen molar-refractivity contribution in [3.8, 4) is 0 Å². The summed E-state index contributed by atoms with van der Waals surface area (Å²) in [4.78, 5) is 12.6. The molecule has 0 aromatic heterocycles. The van der Waals surface area contributed by atoms with Gasteiger partial charge in [0.1, 0.15) is 5.76 Å². The van der Waals surface area contributed by atoms with Crippen LogP contribution in [-0.4, -0.2) is 21.0 Å². The van der Waals surface area contributed by atoms with Crippen LogP contribution in [0.5, 0.6) is 0 Å². The molecule has 1 heterocycles. The number of nitrogens with one attached hydrogen (secondary N) is 2. The van der Waals surface area contributed by atoms with Crippen molar-refractivity contribution in [2.75, 3.05) is 6.61 Å². The fraction of sp³-hybridized carbons (Fsp3) is 0.542. The number of ether oxygens (including phenoxy) is 1. The third kappa shape index (κ3) is 3.44. The summed E-state index contributed by atoms with van der Waals surface area (Å²) in [5, 5.41) is 5.32. The second kappa shape index (κ2) is 7.77. The first-order valence-electron chi connectivity index (χ1n) is 11.7. The maximum Gasteiger partial charge on any atom is 0.380 e. The molecule has 0 aromatic carbocycles. The molecule has 178 valence electrons. The summed E-state index contributed by atoms with van der Waals surface area (Å²) in [5.74, 6) is -0.142. The molecule has 0 spiro atoms. The first-order valence-corrected chi connectivity index (χ1v) is 13.2. The smallest absolute Gasteiger partial charge is 0.380 e. The van der Waals surface area contributed by atoms with E-state index in [0.717, 1.165) is 78.6 Å². The van der Waals surface area contributed by atoms with Crippen LogP contribution in [0.3, 0.4) is 0 Å². The van der Waals surface area contributed by atoms with E-state index in [0.29, 0.717) is 12.4 Å². The molecular formula is C24H31N3O5S. The van der Waals surface area contributed by atoms with Crippen LogP contribution in [0.2, 0.25) is 0 Å². The zero-order valence-corrected chi connectivity index (χ0v) is 20.2. The lowest BCUT2D eigenvalue weighted by atomic mass is 9.64. The first kappa shape index (κ1) is 22.3. The van der Waals surface area contributed by atoms with E-state index in [9.17, 15) is 13.2 Å². The number of carbonyl (C=O) groups is 1. The van der Waals surface area contributed by atoms with E-state index in [1.54, 1.807) is 0 Å². The van der Waals surface area contributed by atoms with Crippen molar-refractivity contribution in [1.29, 1.82) is 0 Å². The van der Waals surface area contributed by atoms with E-state index in [4.69, 9.17) is 14.1 Å². The molecule has 1 aliphatic heterocycles. The van der Waals surface area contributed by atoms with Crippen LogP contribution in [0.4, 0.5) is 0 Å². The predicted octanol–water partition coefficient (Wildman–Crippen LogP) is 3.29. The number of fused-ring (bicyclic) bond motifs is 4. The molecule has 0 saturated carbocycles. The van der Waals surface area contributed by atoms with Gasteiger partial charge in [-0.2, -0.15) is 13.6 Å². The average molecular weight is 474 g/mol. The summed E-state index contributed by atoms with van der Waals surface area (Å²) in [5.41, 5.74) is 14.7. The summed E-state index contributed by atoms with van der Waals surface area (Å²) in [6.45, 7) is 6.40. The van der Waals surface area contributed by atoms with Gasteiger partial charge in [-0.15, -0.1) is 0 Å². The van der Waals surface area contributed by atoms with E-state index in [1.165, 1.54) is 11.1 Å². The second-order valence-electron chi connectivity index (χ2n) is 9.53. The Kier molecular flexibility index (Phi) is 5.25. The second-order valence-corrected chi connectivity index (χ2v) is 10.7. The number of esters is 1. The maximum absolute atomic E-state index is 12.6. The fourth-order valence-corrected chi connectivity index (χ4v) is 6.75. The number of hydrazine groups is 1. The molecule has 0 amide bonds. The molecule has 0 saturated heterocycles. The molecule has 5 rings (SSSR count). The van der Waals surface area contributed by atoms with Gasteiger partial charge in [-0.05, 0) is 76.0 Å². The molecule has 8 nitrogen and oxygen atoms in total. The highest BCUT2D eigenvalue weighted by Gasteiger charge is 2.49. The van der Waals surface area contributed by atoms with Crippen molar-refractivity contribution < 1.29 is 22.1 Å². The molecule has 9 heteroatoms. The number of rotatable bonds is 5. The van der Waals surface area contributed by atoms with Gasteiger partial charge < -0.3 is 19.8 Å². The Morgan fingerprint density at radius 2 is 2.06 bits per heavy atom. The Hall–Kier alpha value is -2.52. The molecule has 4 aliphatic carbocycles. The molecule has 0 aromatic rings. The topological polar surface area (TPSA) is 120 Å². The van der Waals surface area contributed by atoms with E-state index in [1.807, 2.05) is 13.0 Å². The van der Waals surface area contributed by atoms with Gasteiger partial charge in [0.2, 0.25) is 0 Å². The third-order valence-corrected chi connectivity index (χ3v) is 8.08.